The van der Waals surface area contributed by atoms with Crippen molar-refractivity contribution in [1.29, 1.82) is 0 Å². The lowest BCUT2D eigenvalue weighted by Gasteiger charge is -2.08. The summed E-state index contributed by atoms with van der Waals surface area (Å²) in [6.07, 6.45) is 0. The maximum absolute atomic E-state index is 11.9. The molecule has 1 amide bonds. The van der Waals surface area contributed by atoms with Crippen molar-refractivity contribution in [2.24, 2.45) is 0 Å². The Bertz CT molecular complexity index is 823. The van der Waals surface area contributed by atoms with E-state index in [1.807, 2.05) is 6.92 Å². The Kier molecular flexibility index (Phi) is 6.51. The molecular weight excluding hydrogens is 364 g/mol. The van der Waals surface area contributed by atoms with E-state index in [2.05, 4.69) is 5.32 Å². The third-order valence-corrected chi connectivity index (χ3v) is 3.40. The Morgan fingerprint density at radius 1 is 1.19 bits per heavy atom. The zero-order valence-electron chi connectivity index (χ0n) is 13.7. The molecule has 0 atom stereocenters. The molecule has 0 heterocycles. The lowest BCUT2D eigenvalue weighted by atomic mass is 10.2. The molecule has 2 aromatic rings. The summed E-state index contributed by atoms with van der Waals surface area (Å²) in [6.45, 7) is 1.74. The van der Waals surface area contributed by atoms with Crippen molar-refractivity contribution in [3.63, 3.8) is 0 Å². The van der Waals surface area contributed by atoms with Crippen LogP contribution in [0.25, 0.3) is 0 Å². The zero-order valence-corrected chi connectivity index (χ0v) is 14.5. The SMILES string of the molecule is CCOc1ccc(C(=O)OCC(=O)Nc2cc(Cl)ccc2[N+](=O)[O-])cc1. The molecule has 0 aliphatic rings. The summed E-state index contributed by atoms with van der Waals surface area (Å²) in [5.41, 5.74) is -0.153. The van der Waals surface area contributed by atoms with Gasteiger partial charge in [-0.3, -0.25) is 14.9 Å². The Hall–Kier alpha value is -3.13. The molecule has 26 heavy (non-hydrogen) atoms. The van der Waals surface area contributed by atoms with Gasteiger partial charge < -0.3 is 14.8 Å². The van der Waals surface area contributed by atoms with Crippen molar-refractivity contribution in [2.75, 3.05) is 18.5 Å². The molecule has 0 saturated carbocycles. The van der Waals surface area contributed by atoms with Gasteiger partial charge in [-0.15, -0.1) is 0 Å². The van der Waals surface area contributed by atoms with Crippen molar-refractivity contribution < 1.29 is 24.0 Å². The van der Waals surface area contributed by atoms with Gasteiger partial charge in [0.05, 0.1) is 17.1 Å². The number of benzene rings is 2. The number of anilines is 1. The highest BCUT2D eigenvalue weighted by molar-refractivity contribution is 6.31. The third kappa shape index (κ3) is 5.18. The monoisotopic (exact) mass is 378 g/mol. The minimum absolute atomic E-state index is 0.0791. The van der Waals surface area contributed by atoms with Gasteiger partial charge in [-0.05, 0) is 43.3 Å². The van der Waals surface area contributed by atoms with Gasteiger partial charge in [0.15, 0.2) is 6.61 Å². The minimum atomic E-state index is -0.727. The molecule has 9 heteroatoms. The molecule has 0 unspecified atom stereocenters. The predicted octanol–water partition coefficient (Wildman–Crippen LogP) is 3.44. The van der Waals surface area contributed by atoms with Crippen LogP contribution in [0.4, 0.5) is 11.4 Å². The van der Waals surface area contributed by atoms with E-state index in [1.54, 1.807) is 12.1 Å². The quantitative estimate of drug-likeness (QED) is 0.449. The number of nitrogens with zero attached hydrogens (tertiary/aromatic N) is 1. The minimum Gasteiger partial charge on any atom is -0.494 e. The van der Waals surface area contributed by atoms with Gasteiger partial charge in [0.1, 0.15) is 11.4 Å². The van der Waals surface area contributed by atoms with E-state index in [-0.39, 0.29) is 22.0 Å². The second-order valence-corrected chi connectivity index (χ2v) is 5.44. The lowest BCUT2D eigenvalue weighted by molar-refractivity contribution is -0.383. The van der Waals surface area contributed by atoms with Gasteiger partial charge >= 0.3 is 5.97 Å². The number of nitro benzene ring substituents is 1. The first-order valence-electron chi connectivity index (χ1n) is 7.54. The van der Waals surface area contributed by atoms with Gasteiger partial charge in [-0.25, -0.2) is 4.79 Å². The number of esters is 1. The molecule has 1 N–H and O–H groups in total. The molecule has 2 aromatic carbocycles. The number of ether oxygens (including phenoxy) is 2. The third-order valence-electron chi connectivity index (χ3n) is 3.16. The highest BCUT2D eigenvalue weighted by Crippen LogP contribution is 2.27. The second-order valence-electron chi connectivity index (χ2n) is 5.00. The molecular formula is C17H15ClN2O6. The summed E-state index contributed by atoms with van der Waals surface area (Å²) in [5, 5.41) is 13.5. The van der Waals surface area contributed by atoms with Crippen molar-refractivity contribution in [2.45, 2.75) is 6.92 Å². The molecule has 0 bridgehead atoms. The number of nitro groups is 1. The maximum Gasteiger partial charge on any atom is 0.338 e. The number of hydrogen-bond acceptors (Lipinski definition) is 6. The first kappa shape index (κ1) is 19.2. The van der Waals surface area contributed by atoms with Crippen LogP contribution in [0, 0.1) is 10.1 Å². The van der Waals surface area contributed by atoms with E-state index in [4.69, 9.17) is 21.1 Å². The molecule has 8 nitrogen and oxygen atoms in total. The van der Waals surface area contributed by atoms with Crippen LogP contribution in [0.15, 0.2) is 42.5 Å². The van der Waals surface area contributed by atoms with Crippen LogP contribution in [-0.4, -0.2) is 30.0 Å². The van der Waals surface area contributed by atoms with Crippen molar-refractivity contribution in [3.8, 4) is 5.75 Å². The summed E-state index contributed by atoms with van der Waals surface area (Å²) >= 11 is 5.78. The van der Waals surface area contributed by atoms with E-state index in [0.717, 1.165) is 0 Å². The first-order chi connectivity index (χ1) is 12.4. The largest absolute Gasteiger partial charge is 0.494 e. The maximum atomic E-state index is 11.9. The standard InChI is InChI=1S/C17H15ClN2O6/c1-2-25-13-6-3-11(4-7-13)17(22)26-10-16(21)19-14-9-12(18)5-8-15(14)20(23)24/h3-9H,2,10H2,1H3,(H,19,21). The van der Waals surface area contributed by atoms with E-state index in [1.165, 1.54) is 30.3 Å². The number of carbonyl (C=O) groups excluding carboxylic acids is 2. The fourth-order valence-corrected chi connectivity index (χ4v) is 2.19. The molecule has 0 radical (unpaired) electrons. The fraction of sp³-hybridized carbons (Fsp3) is 0.176. The Morgan fingerprint density at radius 2 is 1.88 bits per heavy atom. The van der Waals surface area contributed by atoms with E-state index < -0.39 is 23.4 Å². The predicted molar refractivity (Wildman–Crippen MR) is 94.6 cm³/mol. The van der Waals surface area contributed by atoms with Crippen LogP contribution in [-0.2, 0) is 9.53 Å². The van der Waals surface area contributed by atoms with Crippen LogP contribution >= 0.6 is 11.6 Å². The topological polar surface area (TPSA) is 108 Å². The number of amides is 1. The number of rotatable bonds is 7. The summed E-state index contributed by atoms with van der Waals surface area (Å²) < 4.78 is 10.2. The van der Waals surface area contributed by atoms with Crippen LogP contribution in [0.2, 0.25) is 5.02 Å². The van der Waals surface area contributed by atoms with E-state index >= 15 is 0 Å². The van der Waals surface area contributed by atoms with Crippen molar-refractivity contribution in [1.82, 2.24) is 0 Å². The van der Waals surface area contributed by atoms with Crippen LogP contribution in [0.1, 0.15) is 17.3 Å². The number of hydrogen-bond donors (Lipinski definition) is 1. The summed E-state index contributed by atoms with van der Waals surface area (Å²) in [4.78, 5) is 34.1. The van der Waals surface area contributed by atoms with Gasteiger partial charge in [-0.2, -0.15) is 0 Å². The molecule has 0 saturated heterocycles. The van der Waals surface area contributed by atoms with Gasteiger partial charge in [0.2, 0.25) is 0 Å². The van der Waals surface area contributed by atoms with Gasteiger partial charge in [-0.1, -0.05) is 11.6 Å². The van der Waals surface area contributed by atoms with Crippen LogP contribution < -0.4 is 10.1 Å². The summed E-state index contributed by atoms with van der Waals surface area (Å²) in [6, 6.07) is 9.97. The lowest BCUT2D eigenvalue weighted by Crippen LogP contribution is -2.21. The molecule has 136 valence electrons. The Morgan fingerprint density at radius 3 is 2.50 bits per heavy atom. The fourth-order valence-electron chi connectivity index (χ4n) is 2.02. The summed E-state index contributed by atoms with van der Waals surface area (Å²) in [7, 11) is 0. The molecule has 0 aromatic heterocycles. The number of halogens is 1. The Labute approximate surface area is 153 Å². The molecule has 0 aliphatic heterocycles. The van der Waals surface area contributed by atoms with Gasteiger partial charge in [0, 0.05) is 11.1 Å². The van der Waals surface area contributed by atoms with E-state index in [0.29, 0.717) is 12.4 Å². The molecule has 0 spiro atoms. The molecule has 0 aliphatic carbocycles. The first-order valence-corrected chi connectivity index (χ1v) is 7.92. The smallest absolute Gasteiger partial charge is 0.338 e. The highest BCUT2D eigenvalue weighted by Gasteiger charge is 2.17. The second kappa shape index (κ2) is 8.82. The number of carbonyl (C=O) groups is 2. The van der Waals surface area contributed by atoms with Crippen molar-refractivity contribution >= 4 is 34.9 Å². The highest BCUT2D eigenvalue weighted by atomic mass is 35.5. The zero-order chi connectivity index (χ0) is 19.1. The van der Waals surface area contributed by atoms with Gasteiger partial charge in [0.25, 0.3) is 11.6 Å². The van der Waals surface area contributed by atoms with Crippen LogP contribution in [0.3, 0.4) is 0 Å². The normalized spacial score (nSPS) is 10.1. The average Bonchev–Trinajstić information content (AvgIpc) is 2.60. The number of nitrogens with one attached hydrogen (secondary N) is 1. The molecule has 0 fully saturated rings. The Balaban J connectivity index is 1.95. The average molecular weight is 379 g/mol. The van der Waals surface area contributed by atoms with Crippen LogP contribution in [0.5, 0.6) is 5.75 Å². The van der Waals surface area contributed by atoms with E-state index in [9.17, 15) is 19.7 Å². The summed E-state index contributed by atoms with van der Waals surface area (Å²) in [5.74, 6) is -0.825. The molecule has 2 rings (SSSR count). The van der Waals surface area contributed by atoms with Crippen molar-refractivity contribution in [3.05, 3.63) is 63.2 Å².